The van der Waals surface area contributed by atoms with E-state index in [2.05, 4.69) is 10.6 Å². The first kappa shape index (κ1) is 12.8. The maximum Gasteiger partial charge on any atom is 0.329 e. The van der Waals surface area contributed by atoms with Crippen LogP contribution in [0, 0.1) is 0 Å². The Kier molecular flexibility index (Phi) is 2.79. The third kappa shape index (κ3) is 2.03. The largest absolute Gasteiger partial charge is 0.329 e. The molecular formula is C16H19N3O2. The van der Waals surface area contributed by atoms with Crippen molar-refractivity contribution in [2.24, 2.45) is 0 Å². The van der Waals surface area contributed by atoms with Crippen molar-refractivity contribution >= 4 is 17.6 Å². The summed E-state index contributed by atoms with van der Waals surface area (Å²) in [4.78, 5) is 26.3. The molecule has 0 radical (unpaired) electrons. The van der Waals surface area contributed by atoms with Gasteiger partial charge < -0.3 is 10.6 Å². The van der Waals surface area contributed by atoms with Crippen molar-refractivity contribution in [2.75, 3.05) is 18.0 Å². The van der Waals surface area contributed by atoms with E-state index in [1.807, 2.05) is 24.3 Å². The van der Waals surface area contributed by atoms with Gasteiger partial charge in [-0.1, -0.05) is 12.1 Å². The van der Waals surface area contributed by atoms with Gasteiger partial charge in [0.05, 0.1) is 5.69 Å². The Balaban J connectivity index is 1.61. The number of urea groups is 1. The zero-order valence-electron chi connectivity index (χ0n) is 11.9. The summed E-state index contributed by atoms with van der Waals surface area (Å²) in [7, 11) is 0. The van der Waals surface area contributed by atoms with E-state index >= 15 is 0 Å². The van der Waals surface area contributed by atoms with Crippen LogP contribution in [-0.4, -0.2) is 30.6 Å². The van der Waals surface area contributed by atoms with Crippen LogP contribution in [0.2, 0.25) is 0 Å². The molecule has 0 aromatic heterocycles. The van der Waals surface area contributed by atoms with Gasteiger partial charge >= 0.3 is 6.03 Å². The van der Waals surface area contributed by atoms with Gasteiger partial charge in [0.1, 0.15) is 5.54 Å². The topological polar surface area (TPSA) is 61.4 Å². The van der Waals surface area contributed by atoms with Gasteiger partial charge in [0.2, 0.25) is 0 Å². The summed E-state index contributed by atoms with van der Waals surface area (Å²) in [5.41, 5.74) is 1.29. The number of rotatable bonds is 2. The Morgan fingerprint density at radius 2 is 1.71 bits per heavy atom. The Labute approximate surface area is 123 Å². The van der Waals surface area contributed by atoms with Crippen molar-refractivity contribution in [3.05, 3.63) is 29.8 Å². The molecule has 1 aromatic rings. The number of nitrogens with one attached hydrogen (secondary N) is 2. The first-order valence-electron chi connectivity index (χ1n) is 7.67. The van der Waals surface area contributed by atoms with Gasteiger partial charge in [-0.25, -0.2) is 9.69 Å². The van der Waals surface area contributed by atoms with Crippen LogP contribution in [0.25, 0.3) is 0 Å². The molecule has 1 aliphatic carbocycles. The molecule has 3 amide bonds. The van der Waals surface area contributed by atoms with E-state index in [-0.39, 0.29) is 11.9 Å². The minimum Gasteiger partial charge on any atom is -0.323 e. The van der Waals surface area contributed by atoms with E-state index in [9.17, 15) is 9.59 Å². The molecule has 1 spiro atoms. The number of piperidine rings is 1. The molecule has 21 heavy (non-hydrogen) atoms. The number of hydrogen-bond donors (Lipinski definition) is 2. The molecule has 3 fully saturated rings. The van der Waals surface area contributed by atoms with E-state index in [0.29, 0.717) is 24.4 Å². The van der Waals surface area contributed by atoms with Crippen LogP contribution in [0.5, 0.6) is 0 Å². The van der Waals surface area contributed by atoms with Crippen LogP contribution < -0.4 is 15.5 Å². The highest BCUT2D eigenvalue weighted by Gasteiger charge is 2.51. The fourth-order valence-corrected chi connectivity index (χ4v) is 3.36. The quantitative estimate of drug-likeness (QED) is 0.814. The van der Waals surface area contributed by atoms with Gasteiger partial charge in [-0.3, -0.25) is 4.79 Å². The monoisotopic (exact) mass is 285 g/mol. The van der Waals surface area contributed by atoms with Crippen molar-refractivity contribution in [1.29, 1.82) is 0 Å². The number of imide groups is 1. The molecule has 2 N–H and O–H groups in total. The predicted octanol–water partition coefficient (Wildman–Crippen LogP) is 1.74. The highest BCUT2D eigenvalue weighted by molar-refractivity contribution is 6.23. The van der Waals surface area contributed by atoms with Gasteiger partial charge in [0, 0.05) is 0 Å². The first-order valence-corrected chi connectivity index (χ1v) is 7.67. The molecule has 4 rings (SSSR count). The molecule has 2 heterocycles. The van der Waals surface area contributed by atoms with Crippen LogP contribution in [0.15, 0.2) is 24.3 Å². The second-order valence-electron chi connectivity index (χ2n) is 6.27. The summed E-state index contributed by atoms with van der Waals surface area (Å²) in [6, 6.07) is 7.58. The number of benzene rings is 1. The molecule has 1 aromatic carbocycles. The van der Waals surface area contributed by atoms with Crippen molar-refractivity contribution in [2.45, 2.75) is 37.1 Å². The van der Waals surface area contributed by atoms with Crippen molar-refractivity contribution in [3.8, 4) is 0 Å². The lowest BCUT2D eigenvalue weighted by Gasteiger charge is -2.31. The normalized spacial score (nSPS) is 24.5. The molecule has 1 saturated carbocycles. The minimum atomic E-state index is -0.697. The van der Waals surface area contributed by atoms with E-state index in [0.717, 1.165) is 13.1 Å². The zero-order chi connectivity index (χ0) is 14.4. The molecule has 110 valence electrons. The van der Waals surface area contributed by atoms with Gasteiger partial charge in [-0.05, 0) is 62.4 Å². The highest BCUT2D eigenvalue weighted by Crippen LogP contribution is 2.40. The predicted molar refractivity (Wildman–Crippen MR) is 79.3 cm³/mol. The second kappa shape index (κ2) is 4.56. The van der Waals surface area contributed by atoms with Gasteiger partial charge in [0.15, 0.2) is 0 Å². The molecule has 0 atom stereocenters. The number of amides is 3. The summed E-state index contributed by atoms with van der Waals surface area (Å²) in [6.45, 7) is 1.53. The molecule has 2 aliphatic heterocycles. The highest BCUT2D eigenvalue weighted by atomic mass is 16.2. The summed E-state index contributed by atoms with van der Waals surface area (Å²) in [6.07, 6.45) is 3.82. The minimum absolute atomic E-state index is 0.104. The Bertz CT molecular complexity index is 586. The van der Waals surface area contributed by atoms with Gasteiger partial charge in [-0.15, -0.1) is 0 Å². The average molecular weight is 285 g/mol. The first-order chi connectivity index (χ1) is 10.2. The number of carbonyl (C=O) groups is 2. The average Bonchev–Trinajstić information content (AvgIpc) is 3.30. The molecule has 0 unspecified atom stereocenters. The third-order valence-corrected chi connectivity index (χ3v) is 4.82. The number of hydrogen-bond acceptors (Lipinski definition) is 3. The van der Waals surface area contributed by atoms with Gasteiger partial charge in [0.25, 0.3) is 5.91 Å². The van der Waals surface area contributed by atoms with Gasteiger partial charge in [-0.2, -0.15) is 0 Å². The summed E-state index contributed by atoms with van der Waals surface area (Å²) in [5.74, 6) is 0.575. The Hall–Kier alpha value is -1.88. The Morgan fingerprint density at radius 3 is 2.33 bits per heavy atom. The molecular weight excluding hydrogens is 266 g/mol. The third-order valence-electron chi connectivity index (χ3n) is 4.82. The van der Waals surface area contributed by atoms with E-state index < -0.39 is 5.54 Å². The second-order valence-corrected chi connectivity index (χ2v) is 6.27. The summed E-state index contributed by atoms with van der Waals surface area (Å²) in [5, 5.41) is 6.15. The molecule has 0 bridgehead atoms. The van der Waals surface area contributed by atoms with E-state index in [1.165, 1.54) is 23.3 Å². The maximum atomic E-state index is 12.7. The lowest BCUT2D eigenvalue weighted by atomic mass is 9.88. The van der Waals surface area contributed by atoms with Crippen molar-refractivity contribution in [3.63, 3.8) is 0 Å². The maximum absolute atomic E-state index is 12.7. The summed E-state index contributed by atoms with van der Waals surface area (Å²) < 4.78 is 0. The molecule has 5 nitrogen and oxygen atoms in total. The van der Waals surface area contributed by atoms with Crippen LogP contribution in [0.3, 0.4) is 0 Å². The number of anilines is 1. The standard InChI is InChI=1S/C16H19N3O2/c20-14-16(7-9-17-10-8-16)18-15(21)19(14)13-5-3-12(4-6-13)11-1-2-11/h3-6,11,17H,1-2,7-10H2,(H,18,21). The van der Waals surface area contributed by atoms with Crippen molar-refractivity contribution in [1.82, 2.24) is 10.6 Å². The van der Waals surface area contributed by atoms with Crippen LogP contribution >= 0.6 is 0 Å². The van der Waals surface area contributed by atoms with E-state index in [1.54, 1.807) is 0 Å². The molecule has 2 saturated heterocycles. The van der Waals surface area contributed by atoms with E-state index in [4.69, 9.17) is 0 Å². The summed E-state index contributed by atoms with van der Waals surface area (Å²) >= 11 is 0. The lowest BCUT2D eigenvalue weighted by Crippen LogP contribution is -2.53. The fourth-order valence-electron chi connectivity index (χ4n) is 3.36. The zero-order valence-corrected chi connectivity index (χ0v) is 11.9. The molecule has 3 aliphatic rings. The molecule has 5 heteroatoms. The van der Waals surface area contributed by atoms with Crippen LogP contribution in [-0.2, 0) is 4.79 Å². The lowest BCUT2D eigenvalue weighted by molar-refractivity contribution is -0.122. The number of nitrogens with zero attached hydrogens (tertiary/aromatic N) is 1. The fraction of sp³-hybridized carbons (Fsp3) is 0.500. The Morgan fingerprint density at radius 1 is 1.05 bits per heavy atom. The smallest absolute Gasteiger partial charge is 0.323 e. The van der Waals surface area contributed by atoms with Crippen LogP contribution in [0.4, 0.5) is 10.5 Å². The van der Waals surface area contributed by atoms with Crippen LogP contribution in [0.1, 0.15) is 37.2 Å². The number of carbonyl (C=O) groups excluding carboxylic acids is 2. The van der Waals surface area contributed by atoms with Crippen molar-refractivity contribution < 1.29 is 9.59 Å². The SMILES string of the molecule is O=C1NC2(CCNCC2)C(=O)N1c1ccc(C2CC2)cc1.